The van der Waals surface area contributed by atoms with Crippen molar-refractivity contribution < 1.29 is 14.3 Å². The van der Waals surface area contributed by atoms with Crippen molar-refractivity contribution in [3.8, 4) is 16.9 Å². The number of rotatable bonds is 10. The molecular formula is C24H33NO3. The van der Waals surface area contributed by atoms with Crippen molar-refractivity contribution in [3.05, 3.63) is 48.0 Å². The molecule has 0 N–H and O–H groups in total. The highest BCUT2D eigenvalue weighted by Gasteiger charge is 2.12. The predicted molar refractivity (Wildman–Crippen MR) is 116 cm³/mol. The normalized spacial score (nSPS) is 11.8. The topological polar surface area (TPSA) is 38.8 Å². The van der Waals surface area contributed by atoms with E-state index >= 15 is 0 Å². The van der Waals surface area contributed by atoms with Gasteiger partial charge in [-0.1, -0.05) is 44.4 Å². The Morgan fingerprint density at radius 3 is 2.29 bits per heavy atom. The maximum atomic E-state index is 11.6. The number of nitrogens with zero attached hydrogens (tertiary/aromatic N) is 1. The average molecular weight is 384 g/mol. The molecule has 0 saturated heterocycles. The Hall–Kier alpha value is -2.49. The summed E-state index contributed by atoms with van der Waals surface area (Å²) in [4.78, 5) is 13.7. The van der Waals surface area contributed by atoms with E-state index < -0.39 is 0 Å². The van der Waals surface area contributed by atoms with Crippen LogP contribution in [0.1, 0.15) is 56.3 Å². The number of hydrogen-bond donors (Lipinski definition) is 0. The second kappa shape index (κ2) is 10.7. The summed E-state index contributed by atoms with van der Waals surface area (Å²) in [7, 11) is 5.44. The minimum absolute atomic E-state index is 0.195. The number of esters is 1. The molecule has 2 aromatic carbocycles. The van der Waals surface area contributed by atoms with Crippen LogP contribution in [0.4, 0.5) is 5.69 Å². The van der Waals surface area contributed by atoms with E-state index in [1.54, 1.807) is 12.1 Å². The van der Waals surface area contributed by atoms with Crippen molar-refractivity contribution in [2.45, 2.75) is 52.1 Å². The molecule has 0 heterocycles. The monoisotopic (exact) mass is 383 g/mol. The van der Waals surface area contributed by atoms with Gasteiger partial charge in [0.25, 0.3) is 0 Å². The second-order valence-electron chi connectivity index (χ2n) is 7.42. The lowest BCUT2D eigenvalue weighted by molar-refractivity contribution is 0.0600. The third kappa shape index (κ3) is 6.01. The first kappa shape index (κ1) is 21.8. The first-order valence-electron chi connectivity index (χ1n) is 10.1. The van der Waals surface area contributed by atoms with E-state index in [0.717, 1.165) is 29.0 Å². The third-order valence-electron chi connectivity index (χ3n) is 4.87. The Morgan fingerprint density at radius 1 is 1.00 bits per heavy atom. The van der Waals surface area contributed by atoms with E-state index in [1.807, 2.05) is 32.3 Å². The molecule has 2 aromatic rings. The lowest BCUT2D eigenvalue weighted by atomic mass is 10.0. The van der Waals surface area contributed by atoms with Crippen LogP contribution in [0.5, 0.6) is 5.75 Å². The summed E-state index contributed by atoms with van der Waals surface area (Å²) in [6, 6.07) is 13.7. The molecule has 0 bridgehead atoms. The smallest absolute Gasteiger partial charge is 0.337 e. The van der Waals surface area contributed by atoms with E-state index in [4.69, 9.17) is 9.47 Å². The van der Waals surface area contributed by atoms with E-state index in [-0.39, 0.29) is 12.1 Å². The lowest BCUT2D eigenvalue weighted by Gasteiger charge is -2.22. The Morgan fingerprint density at radius 2 is 1.68 bits per heavy atom. The van der Waals surface area contributed by atoms with Crippen LogP contribution in [0.15, 0.2) is 42.5 Å². The molecule has 152 valence electrons. The highest BCUT2D eigenvalue weighted by atomic mass is 16.5. The number of anilines is 1. The first-order chi connectivity index (χ1) is 13.5. The van der Waals surface area contributed by atoms with Crippen LogP contribution < -0.4 is 9.64 Å². The van der Waals surface area contributed by atoms with Crippen molar-refractivity contribution >= 4 is 11.7 Å². The highest BCUT2D eigenvalue weighted by molar-refractivity contribution is 5.90. The second-order valence-corrected chi connectivity index (χ2v) is 7.42. The van der Waals surface area contributed by atoms with Crippen LogP contribution in [-0.2, 0) is 4.74 Å². The summed E-state index contributed by atoms with van der Waals surface area (Å²) >= 11 is 0. The molecule has 4 heteroatoms. The van der Waals surface area contributed by atoms with Gasteiger partial charge in [-0.2, -0.15) is 0 Å². The van der Waals surface area contributed by atoms with Gasteiger partial charge >= 0.3 is 5.97 Å². The van der Waals surface area contributed by atoms with Crippen LogP contribution in [0.25, 0.3) is 11.1 Å². The zero-order valence-electron chi connectivity index (χ0n) is 17.8. The van der Waals surface area contributed by atoms with E-state index in [9.17, 15) is 4.79 Å². The summed E-state index contributed by atoms with van der Waals surface area (Å²) < 4.78 is 11.0. The van der Waals surface area contributed by atoms with Crippen LogP contribution >= 0.6 is 0 Å². The van der Waals surface area contributed by atoms with Gasteiger partial charge in [0.05, 0.1) is 24.5 Å². The molecule has 0 spiro atoms. The van der Waals surface area contributed by atoms with Crippen molar-refractivity contribution in [2.75, 3.05) is 26.1 Å². The van der Waals surface area contributed by atoms with Gasteiger partial charge in [-0.15, -0.1) is 0 Å². The summed E-state index contributed by atoms with van der Waals surface area (Å²) in [5, 5.41) is 0. The number of carbonyl (C=O) groups excluding carboxylic acids is 1. The molecule has 4 nitrogen and oxygen atoms in total. The number of unbranched alkanes of at least 4 members (excludes halogenated alkanes) is 3. The Balaban J connectivity index is 2.14. The quantitative estimate of drug-likeness (QED) is 0.376. The fourth-order valence-electron chi connectivity index (χ4n) is 3.20. The Kier molecular flexibility index (Phi) is 8.37. The summed E-state index contributed by atoms with van der Waals surface area (Å²) in [6.45, 7) is 4.37. The molecule has 0 fully saturated rings. The van der Waals surface area contributed by atoms with Gasteiger partial charge in [-0.05, 0) is 55.2 Å². The zero-order valence-corrected chi connectivity index (χ0v) is 17.8. The number of hydrogen-bond acceptors (Lipinski definition) is 4. The molecule has 0 aliphatic heterocycles. The molecule has 1 unspecified atom stereocenters. The third-order valence-corrected chi connectivity index (χ3v) is 4.87. The number of benzene rings is 2. The van der Waals surface area contributed by atoms with Gasteiger partial charge in [0, 0.05) is 14.1 Å². The first-order valence-corrected chi connectivity index (χ1v) is 10.1. The average Bonchev–Trinajstić information content (AvgIpc) is 2.71. The molecule has 0 radical (unpaired) electrons. The van der Waals surface area contributed by atoms with Crippen molar-refractivity contribution in [1.82, 2.24) is 0 Å². The lowest BCUT2D eigenvalue weighted by Crippen LogP contribution is -2.16. The predicted octanol–water partition coefficient (Wildman–Crippen LogP) is 5.94. The highest BCUT2D eigenvalue weighted by Crippen LogP contribution is 2.33. The van der Waals surface area contributed by atoms with Crippen LogP contribution in [0.2, 0.25) is 0 Å². The maximum absolute atomic E-state index is 11.6. The van der Waals surface area contributed by atoms with Gasteiger partial charge in [0.1, 0.15) is 5.75 Å². The molecule has 1 atom stereocenters. The van der Waals surface area contributed by atoms with Crippen molar-refractivity contribution in [3.63, 3.8) is 0 Å². The van der Waals surface area contributed by atoms with Crippen LogP contribution in [-0.4, -0.2) is 33.3 Å². The van der Waals surface area contributed by atoms with E-state index in [2.05, 4.69) is 30.9 Å². The maximum Gasteiger partial charge on any atom is 0.337 e. The fraction of sp³-hybridized carbons (Fsp3) is 0.458. The van der Waals surface area contributed by atoms with Crippen molar-refractivity contribution in [2.24, 2.45) is 0 Å². The molecule has 28 heavy (non-hydrogen) atoms. The fourth-order valence-corrected chi connectivity index (χ4v) is 3.20. The zero-order chi connectivity index (χ0) is 20.5. The standard InChI is InChI=1S/C24H33NO3/c1-6-7-8-9-10-18(2)28-23-16-15-21(17-22(23)25(3)4)19-11-13-20(14-12-19)24(26)27-5/h11-18H,6-10H2,1-5H3. The van der Waals surface area contributed by atoms with Crippen LogP contribution in [0, 0.1) is 0 Å². The van der Waals surface area contributed by atoms with Gasteiger partial charge in [-0.25, -0.2) is 4.79 Å². The molecular weight excluding hydrogens is 350 g/mol. The van der Waals surface area contributed by atoms with Gasteiger partial charge < -0.3 is 14.4 Å². The molecule has 0 aliphatic rings. The van der Waals surface area contributed by atoms with E-state index in [0.29, 0.717) is 5.56 Å². The summed E-state index contributed by atoms with van der Waals surface area (Å²) in [5.41, 5.74) is 3.74. The molecule has 2 rings (SSSR count). The van der Waals surface area contributed by atoms with E-state index in [1.165, 1.54) is 32.8 Å². The largest absolute Gasteiger partial charge is 0.489 e. The Labute approximate surface area is 169 Å². The molecule has 0 amide bonds. The summed E-state index contributed by atoms with van der Waals surface area (Å²) in [6.07, 6.45) is 6.29. The van der Waals surface area contributed by atoms with Gasteiger partial charge in [0.15, 0.2) is 0 Å². The molecule has 0 aliphatic carbocycles. The molecule has 0 aromatic heterocycles. The number of methoxy groups -OCH3 is 1. The SMILES string of the molecule is CCCCCCC(C)Oc1ccc(-c2ccc(C(=O)OC)cc2)cc1N(C)C. The van der Waals surface area contributed by atoms with Crippen molar-refractivity contribution in [1.29, 1.82) is 0 Å². The minimum Gasteiger partial charge on any atom is -0.489 e. The number of carbonyl (C=O) groups is 1. The minimum atomic E-state index is -0.322. The van der Waals surface area contributed by atoms with Crippen LogP contribution in [0.3, 0.4) is 0 Å². The van der Waals surface area contributed by atoms with Gasteiger partial charge in [0.2, 0.25) is 0 Å². The Bertz CT molecular complexity index is 753. The number of ether oxygens (including phenoxy) is 2. The molecule has 0 saturated carbocycles. The summed E-state index contributed by atoms with van der Waals surface area (Å²) in [5.74, 6) is 0.583. The van der Waals surface area contributed by atoms with Gasteiger partial charge in [-0.3, -0.25) is 0 Å².